The van der Waals surface area contributed by atoms with Gasteiger partial charge in [-0.15, -0.1) is 24.8 Å². The van der Waals surface area contributed by atoms with Gasteiger partial charge in [0, 0.05) is 24.7 Å². The molecular weight excluding hydrogens is 525 g/mol. The molecule has 38 heavy (non-hydrogen) atoms. The summed E-state index contributed by atoms with van der Waals surface area (Å²) in [5.74, 6) is 1.95. The third kappa shape index (κ3) is 8.60. The Morgan fingerprint density at radius 2 is 1.71 bits per heavy atom. The number of aliphatic hydroxyl groups excluding tert-OH is 1. The van der Waals surface area contributed by atoms with Crippen LogP contribution in [-0.2, 0) is 6.42 Å². The summed E-state index contributed by atoms with van der Waals surface area (Å²) in [6.45, 7) is 3.88. The Hall–Kier alpha value is -3.36. The number of nitrogens with zero attached hydrogens (tertiary/aromatic N) is 1. The van der Waals surface area contributed by atoms with Crippen LogP contribution in [-0.4, -0.2) is 48.3 Å². The zero-order valence-corrected chi connectivity index (χ0v) is 22.8. The lowest BCUT2D eigenvalue weighted by Gasteiger charge is -2.13. The number of halogens is 2. The molecular formula is C29H33Cl2N3O4. The first-order valence-corrected chi connectivity index (χ1v) is 12.1. The Morgan fingerprint density at radius 1 is 0.947 bits per heavy atom. The van der Waals surface area contributed by atoms with Crippen molar-refractivity contribution in [2.24, 2.45) is 0 Å². The first-order valence-electron chi connectivity index (χ1n) is 12.1. The average Bonchev–Trinajstić information content (AvgIpc) is 2.91. The Labute approximate surface area is 235 Å². The van der Waals surface area contributed by atoms with Gasteiger partial charge < -0.3 is 25.2 Å². The van der Waals surface area contributed by atoms with Crippen molar-refractivity contribution in [1.29, 1.82) is 0 Å². The van der Waals surface area contributed by atoms with Crippen LogP contribution in [0, 0.1) is 0 Å². The van der Waals surface area contributed by atoms with Gasteiger partial charge in [0.1, 0.15) is 30.0 Å². The van der Waals surface area contributed by atoms with Gasteiger partial charge in [-0.25, -0.2) is 0 Å². The van der Waals surface area contributed by atoms with Crippen LogP contribution in [0.4, 0.5) is 0 Å². The van der Waals surface area contributed by atoms with Crippen LogP contribution in [0.15, 0.2) is 85.1 Å². The summed E-state index contributed by atoms with van der Waals surface area (Å²) >= 11 is 0. The Balaban J connectivity index is 0.00000253. The minimum absolute atomic E-state index is 0. The number of carbonyl (C=O) groups excluding carboxylic acids is 1. The molecule has 202 valence electrons. The minimum atomic E-state index is -0.579. The normalized spacial score (nSPS) is 11.1. The molecule has 4 rings (SSSR count). The maximum atomic E-state index is 12.4. The van der Waals surface area contributed by atoms with Gasteiger partial charge in [0.25, 0.3) is 5.91 Å². The number of benzene rings is 3. The predicted molar refractivity (Wildman–Crippen MR) is 155 cm³/mol. The molecule has 4 aromatic rings. The molecule has 1 heterocycles. The summed E-state index contributed by atoms with van der Waals surface area (Å²) < 4.78 is 11.7. The van der Waals surface area contributed by atoms with Crippen LogP contribution in [0.2, 0.25) is 0 Å². The van der Waals surface area contributed by atoms with E-state index in [4.69, 9.17) is 9.47 Å². The lowest BCUT2D eigenvalue weighted by atomic mass is 10.1. The minimum Gasteiger partial charge on any atom is -0.491 e. The number of fused-ring (bicyclic) bond motifs is 1. The number of rotatable bonds is 12. The molecule has 3 aromatic carbocycles. The maximum absolute atomic E-state index is 12.4. The smallest absolute Gasteiger partial charge is 0.253 e. The molecule has 0 fully saturated rings. The molecule has 0 saturated carbocycles. The third-order valence-corrected chi connectivity index (χ3v) is 5.62. The molecule has 0 aliphatic rings. The van der Waals surface area contributed by atoms with Gasteiger partial charge in [0.15, 0.2) is 0 Å². The van der Waals surface area contributed by atoms with Crippen LogP contribution in [0.3, 0.4) is 0 Å². The van der Waals surface area contributed by atoms with Crippen LogP contribution in [0.25, 0.3) is 10.9 Å². The van der Waals surface area contributed by atoms with Gasteiger partial charge in [0.05, 0.1) is 11.1 Å². The van der Waals surface area contributed by atoms with Gasteiger partial charge in [0.2, 0.25) is 0 Å². The van der Waals surface area contributed by atoms with Crippen molar-refractivity contribution in [1.82, 2.24) is 15.6 Å². The van der Waals surface area contributed by atoms with E-state index in [2.05, 4.69) is 15.6 Å². The molecule has 7 nitrogen and oxygen atoms in total. The topological polar surface area (TPSA) is 92.7 Å². The number of amides is 1. The van der Waals surface area contributed by atoms with Crippen LogP contribution >= 0.6 is 24.8 Å². The van der Waals surface area contributed by atoms with E-state index < -0.39 is 6.10 Å². The number of nitrogens with one attached hydrogen (secondary N) is 2. The number of para-hydroxylation sites is 2. The summed E-state index contributed by atoms with van der Waals surface area (Å²) in [7, 11) is 0. The van der Waals surface area contributed by atoms with E-state index in [0.717, 1.165) is 29.7 Å². The monoisotopic (exact) mass is 557 g/mol. The van der Waals surface area contributed by atoms with E-state index in [1.54, 1.807) is 18.3 Å². The van der Waals surface area contributed by atoms with Crippen molar-refractivity contribution in [2.75, 3.05) is 26.2 Å². The lowest BCUT2D eigenvalue weighted by molar-refractivity contribution is 0.0957. The molecule has 1 unspecified atom stereocenters. The second-order valence-electron chi connectivity index (χ2n) is 8.35. The molecule has 0 aliphatic carbocycles. The fourth-order valence-electron chi connectivity index (χ4n) is 3.80. The molecule has 0 spiro atoms. The first-order chi connectivity index (χ1) is 17.6. The number of hydrogen-bond acceptors (Lipinski definition) is 6. The number of hydrogen-bond donors (Lipinski definition) is 3. The highest BCUT2D eigenvalue weighted by molar-refractivity contribution is 6.06. The number of aromatic nitrogens is 1. The van der Waals surface area contributed by atoms with E-state index in [-0.39, 0.29) is 37.3 Å². The van der Waals surface area contributed by atoms with Crippen molar-refractivity contribution >= 4 is 41.6 Å². The van der Waals surface area contributed by atoms with E-state index >= 15 is 0 Å². The van der Waals surface area contributed by atoms with Crippen molar-refractivity contribution in [2.45, 2.75) is 19.4 Å². The molecule has 1 aromatic heterocycles. The van der Waals surface area contributed by atoms with Gasteiger partial charge >= 0.3 is 0 Å². The summed E-state index contributed by atoms with van der Waals surface area (Å²) in [6, 6.07) is 24.7. The van der Waals surface area contributed by atoms with E-state index in [9.17, 15) is 9.90 Å². The highest BCUT2D eigenvalue weighted by Gasteiger charge is 2.13. The number of aliphatic hydroxyl groups is 1. The van der Waals surface area contributed by atoms with Crippen LogP contribution in [0.1, 0.15) is 22.8 Å². The quantitative estimate of drug-likeness (QED) is 0.207. The predicted octanol–water partition coefficient (Wildman–Crippen LogP) is 5.19. The third-order valence-electron chi connectivity index (χ3n) is 5.62. The SMILES string of the molecule is CCNC(=O)c1cccc2c(Oc3ccc(CCNCC(O)COc4ccccc4)cc3)ccnc12.Cl.Cl. The van der Waals surface area contributed by atoms with Crippen LogP contribution in [0.5, 0.6) is 17.2 Å². The summed E-state index contributed by atoms with van der Waals surface area (Å²) in [5.41, 5.74) is 2.29. The Morgan fingerprint density at radius 3 is 2.45 bits per heavy atom. The fourth-order valence-corrected chi connectivity index (χ4v) is 3.80. The van der Waals surface area contributed by atoms with Gasteiger partial charge in [-0.2, -0.15) is 0 Å². The largest absolute Gasteiger partial charge is 0.491 e. The average molecular weight is 559 g/mol. The summed E-state index contributed by atoms with van der Waals surface area (Å²) in [5, 5.41) is 17.0. The number of pyridine rings is 1. The van der Waals surface area contributed by atoms with Crippen LogP contribution < -0.4 is 20.1 Å². The Bertz CT molecular complexity index is 1270. The van der Waals surface area contributed by atoms with Crippen molar-refractivity contribution in [3.8, 4) is 17.2 Å². The molecule has 0 aliphatic heterocycles. The first kappa shape index (κ1) is 30.9. The second-order valence-corrected chi connectivity index (χ2v) is 8.35. The van der Waals surface area contributed by atoms with Crippen molar-refractivity contribution in [3.63, 3.8) is 0 Å². The van der Waals surface area contributed by atoms with Gasteiger partial charge in [-0.05, 0) is 67.9 Å². The molecule has 3 N–H and O–H groups in total. The molecule has 1 atom stereocenters. The highest BCUT2D eigenvalue weighted by atomic mass is 35.5. The fraction of sp³-hybridized carbons (Fsp3) is 0.241. The van der Waals surface area contributed by atoms with Crippen molar-refractivity contribution < 1.29 is 19.4 Å². The standard InChI is InChI=1S/C29H31N3O4.2ClH/c1-2-31-29(34)26-10-6-9-25-27(16-18-32-28(25)26)36-24-13-11-21(12-14-24)15-17-30-19-22(33)20-35-23-7-4-3-5-8-23;;/h3-14,16,18,22,30,33H,2,15,17,19-20H2,1H3,(H,31,34);2*1H. The van der Waals surface area contributed by atoms with E-state index in [1.165, 1.54) is 0 Å². The van der Waals surface area contributed by atoms with Gasteiger partial charge in [-0.3, -0.25) is 9.78 Å². The highest BCUT2D eigenvalue weighted by Crippen LogP contribution is 2.30. The molecule has 9 heteroatoms. The molecule has 0 bridgehead atoms. The summed E-state index contributed by atoms with van der Waals surface area (Å²) in [6.07, 6.45) is 1.89. The van der Waals surface area contributed by atoms with E-state index in [0.29, 0.717) is 35.7 Å². The maximum Gasteiger partial charge on any atom is 0.253 e. The van der Waals surface area contributed by atoms with E-state index in [1.807, 2.05) is 73.7 Å². The zero-order chi connectivity index (χ0) is 25.2. The molecule has 0 radical (unpaired) electrons. The molecule has 1 amide bonds. The van der Waals surface area contributed by atoms with Gasteiger partial charge in [-0.1, -0.05) is 36.4 Å². The lowest BCUT2D eigenvalue weighted by Crippen LogP contribution is -2.32. The summed E-state index contributed by atoms with van der Waals surface area (Å²) in [4.78, 5) is 16.8. The zero-order valence-electron chi connectivity index (χ0n) is 21.1. The number of carbonyl (C=O) groups is 1. The number of ether oxygens (including phenoxy) is 2. The second kappa shape index (κ2) is 15.8. The van der Waals surface area contributed by atoms with Crippen molar-refractivity contribution in [3.05, 3.63) is 96.2 Å². The molecule has 0 saturated heterocycles. The Kier molecular flexibility index (Phi) is 12.8.